The molecule has 1 heterocycles. The first-order valence-corrected chi connectivity index (χ1v) is 10.2. The van der Waals surface area contributed by atoms with Gasteiger partial charge in [0.15, 0.2) is 6.35 Å². The van der Waals surface area contributed by atoms with Crippen LogP contribution in [-0.4, -0.2) is 39.1 Å². The number of nitrogens with zero attached hydrogens (tertiary/aromatic N) is 1. The molecule has 0 saturated carbocycles. The van der Waals surface area contributed by atoms with Crippen LogP contribution in [0.15, 0.2) is 52.5 Å². The van der Waals surface area contributed by atoms with Crippen LogP contribution in [0.2, 0.25) is 0 Å². The Morgan fingerprint density at radius 1 is 1.27 bits per heavy atom. The van der Waals surface area contributed by atoms with Gasteiger partial charge in [-0.2, -0.15) is 10.4 Å². The summed E-state index contributed by atoms with van der Waals surface area (Å²) in [5.74, 6) is -1.53. The van der Waals surface area contributed by atoms with E-state index in [-0.39, 0.29) is 18.6 Å². The van der Waals surface area contributed by atoms with E-state index in [9.17, 15) is 24.2 Å². The van der Waals surface area contributed by atoms with Crippen LogP contribution in [0.5, 0.6) is 0 Å². The molecule has 2 aliphatic rings. The summed E-state index contributed by atoms with van der Waals surface area (Å²) in [7, 11) is 0. The number of nitrogens with one attached hydrogen (secondary N) is 3. The molecule has 8 nitrogen and oxygen atoms in total. The van der Waals surface area contributed by atoms with Crippen LogP contribution >= 0.6 is 15.9 Å². The van der Waals surface area contributed by atoms with Crippen LogP contribution in [-0.2, 0) is 4.79 Å². The number of amides is 3. The number of aliphatic hydroxyl groups is 2. The number of hydrazine groups is 1. The van der Waals surface area contributed by atoms with Gasteiger partial charge in [-0.15, -0.1) is 0 Å². The first-order chi connectivity index (χ1) is 14.0. The lowest BCUT2D eigenvalue weighted by molar-refractivity contribution is -0.135. The molecule has 0 bridgehead atoms. The minimum atomic E-state index is -1.38. The maximum atomic E-state index is 13.8. The summed E-state index contributed by atoms with van der Waals surface area (Å²) in [6.45, 7) is 3.41. The lowest BCUT2D eigenvalue weighted by Crippen LogP contribution is -2.52. The predicted molar refractivity (Wildman–Crippen MR) is 113 cm³/mol. The number of rotatable bonds is 7. The molecule has 0 radical (unpaired) electrons. The molecule has 5 N–H and O–H groups in total. The monoisotopic (exact) mass is 482 g/mol. The normalized spacial score (nSPS) is 27.4. The Morgan fingerprint density at radius 2 is 1.93 bits per heavy atom. The maximum absolute atomic E-state index is 13.8. The van der Waals surface area contributed by atoms with Crippen LogP contribution in [0.4, 0.5) is 14.9 Å². The van der Waals surface area contributed by atoms with E-state index in [1.54, 1.807) is 37.3 Å². The van der Waals surface area contributed by atoms with Gasteiger partial charge >= 0.3 is 6.03 Å². The summed E-state index contributed by atoms with van der Waals surface area (Å²) in [5.41, 5.74) is 1.23. The molecule has 3 atom stereocenters. The number of hydrogen-bond donors (Lipinski definition) is 5. The van der Waals surface area contributed by atoms with E-state index in [1.165, 1.54) is 6.08 Å². The first kappa shape index (κ1) is 22.3. The Hall–Kier alpha value is -2.43. The second kappa shape index (κ2) is 8.37. The minimum Gasteiger partial charge on any atom is -0.505 e. The van der Waals surface area contributed by atoms with Crippen LogP contribution in [0.1, 0.15) is 33.1 Å². The fourth-order valence-electron chi connectivity index (χ4n) is 3.41. The fourth-order valence-corrected chi connectivity index (χ4v) is 3.68. The van der Waals surface area contributed by atoms with E-state index in [1.807, 2.05) is 6.92 Å². The van der Waals surface area contributed by atoms with E-state index in [0.717, 1.165) is 9.48 Å². The van der Waals surface area contributed by atoms with Gasteiger partial charge in [0.1, 0.15) is 17.1 Å². The van der Waals surface area contributed by atoms with Crippen molar-refractivity contribution in [3.05, 3.63) is 52.5 Å². The zero-order valence-corrected chi connectivity index (χ0v) is 18.2. The minimum absolute atomic E-state index is 0.0192. The fraction of sp³-hybridized carbons (Fsp3) is 0.400. The molecular weight excluding hydrogens is 459 g/mol. The third kappa shape index (κ3) is 4.82. The number of benzene rings is 1. The highest BCUT2D eigenvalue weighted by Gasteiger charge is 2.49. The summed E-state index contributed by atoms with van der Waals surface area (Å²) in [6, 6.07) is 6.30. The number of carbonyl (C=O) groups is 2. The van der Waals surface area contributed by atoms with Crippen LogP contribution in [0.25, 0.3) is 0 Å². The largest absolute Gasteiger partial charge is 0.505 e. The highest BCUT2D eigenvalue weighted by molar-refractivity contribution is 9.10. The summed E-state index contributed by atoms with van der Waals surface area (Å²) in [4.78, 5) is 25.2. The molecule has 3 amide bonds. The number of carbonyl (C=O) groups excluding carboxylic acids is 2. The Kier molecular flexibility index (Phi) is 6.21. The molecule has 1 aromatic carbocycles. The van der Waals surface area contributed by atoms with Gasteiger partial charge in [0, 0.05) is 16.6 Å². The number of anilines is 1. The zero-order valence-electron chi connectivity index (χ0n) is 16.6. The molecule has 1 aromatic rings. The summed E-state index contributed by atoms with van der Waals surface area (Å²) < 4.78 is 14.7. The molecule has 10 heteroatoms. The van der Waals surface area contributed by atoms with E-state index in [2.05, 4.69) is 32.0 Å². The summed E-state index contributed by atoms with van der Waals surface area (Å²) in [6.07, 6.45) is 2.31. The third-order valence-electron chi connectivity index (χ3n) is 5.34. The Morgan fingerprint density at radius 3 is 2.57 bits per heavy atom. The number of allylic oxidation sites excluding steroid dienone is 3. The van der Waals surface area contributed by atoms with Crippen molar-refractivity contribution in [2.75, 3.05) is 5.32 Å². The molecular formula is C20H24BrFN4O4. The molecule has 162 valence electrons. The van der Waals surface area contributed by atoms with E-state index in [4.69, 9.17) is 0 Å². The second-order valence-corrected chi connectivity index (χ2v) is 8.96. The SMILES string of the molecule is CC1(CCC2(C)NC(=O)N(NC(O)Nc3ccc(Br)cc3)C2=O)C=CC(O)=C(F)C1. The quantitative estimate of drug-likeness (QED) is 0.300. The standard InChI is InChI=1S/C20H24BrFN4O4/c1-19(8-7-15(27)14(22)11-19)9-10-20(2)16(28)26(18(30)24-20)25-17(29)23-13-5-3-12(21)4-6-13/h3-8,17,23,25,27,29H,9-11H2,1-2H3,(H,24,30). The molecule has 0 aromatic heterocycles. The van der Waals surface area contributed by atoms with Crippen molar-refractivity contribution in [2.45, 2.75) is 45.0 Å². The topological polar surface area (TPSA) is 114 Å². The average molecular weight is 483 g/mol. The predicted octanol–water partition coefficient (Wildman–Crippen LogP) is 3.44. The van der Waals surface area contributed by atoms with Gasteiger partial charge in [0.25, 0.3) is 5.91 Å². The van der Waals surface area contributed by atoms with Crippen LogP contribution < -0.4 is 16.1 Å². The Bertz CT molecular complexity index is 907. The van der Waals surface area contributed by atoms with Crippen LogP contribution in [0, 0.1) is 5.41 Å². The highest BCUT2D eigenvalue weighted by atomic mass is 79.9. The molecule has 1 aliphatic carbocycles. The van der Waals surface area contributed by atoms with Crippen molar-refractivity contribution in [2.24, 2.45) is 5.41 Å². The van der Waals surface area contributed by atoms with E-state index >= 15 is 0 Å². The molecule has 3 rings (SSSR count). The zero-order chi connectivity index (χ0) is 22.1. The van der Waals surface area contributed by atoms with Gasteiger partial charge in [0.2, 0.25) is 0 Å². The smallest absolute Gasteiger partial charge is 0.339 e. The van der Waals surface area contributed by atoms with Gasteiger partial charge < -0.3 is 20.8 Å². The van der Waals surface area contributed by atoms with Gasteiger partial charge in [-0.1, -0.05) is 28.9 Å². The molecule has 1 fully saturated rings. The number of halogens is 2. The first-order valence-electron chi connectivity index (χ1n) is 9.41. The number of hydrogen-bond acceptors (Lipinski definition) is 6. The van der Waals surface area contributed by atoms with Crippen molar-refractivity contribution >= 4 is 33.6 Å². The highest BCUT2D eigenvalue weighted by Crippen LogP contribution is 2.40. The molecule has 3 unspecified atom stereocenters. The van der Waals surface area contributed by atoms with Gasteiger partial charge in [-0.3, -0.25) is 4.79 Å². The maximum Gasteiger partial charge on any atom is 0.339 e. The lowest BCUT2D eigenvalue weighted by Gasteiger charge is -2.31. The van der Waals surface area contributed by atoms with Gasteiger partial charge in [0.05, 0.1) is 0 Å². The van der Waals surface area contributed by atoms with Crippen molar-refractivity contribution in [1.82, 2.24) is 15.8 Å². The van der Waals surface area contributed by atoms with Crippen molar-refractivity contribution in [3.63, 3.8) is 0 Å². The van der Waals surface area contributed by atoms with Crippen molar-refractivity contribution in [1.29, 1.82) is 0 Å². The number of aliphatic hydroxyl groups excluding tert-OH is 2. The summed E-state index contributed by atoms with van der Waals surface area (Å²) in [5, 5.41) is 25.7. The Labute approximate surface area is 181 Å². The number of imide groups is 1. The second-order valence-electron chi connectivity index (χ2n) is 8.04. The molecule has 1 saturated heterocycles. The van der Waals surface area contributed by atoms with Crippen molar-refractivity contribution < 1.29 is 24.2 Å². The summed E-state index contributed by atoms with van der Waals surface area (Å²) >= 11 is 3.31. The average Bonchev–Trinajstić information content (AvgIpc) is 2.89. The van der Waals surface area contributed by atoms with Crippen LogP contribution in [0.3, 0.4) is 0 Å². The Balaban J connectivity index is 1.60. The van der Waals surface area contributed by atoms with Gasteiger partial charge in [-0.25, -0.2) is 9.18 Å². The third-order valence-corrected chi connectivity index (χ3v) is 5.87. The molecule has 1 aliphatic heterocycles. The van der Waals surface area contributed by atoms with E-state index in [0.29, 0.717) is 12.1 Å². The molecule has 30 heavy (non-hydrogen) atoms. The van der Waals surface area contributed by atoms with Gasteiger partial charge in [-0.05, 0) is 55.5 Å². The van der Waals surface area contributed by atoms with Crippen molar-refractivity contribution in [3.8, 4) is 0 Å². The molecule has 0 spiro atoms. The lowest BCUT2D eigenvalue weighted by atomic mass is 9.76. The van der Waals surface area contributed by atoms with E-state index < -0.39 is 35.1 Å². The number of urea groups is 1.